The van der Waals surface area contributed by atoms with E-state index in [9.17, 15) is 17.6 Å². The second-order valence-electron chi connectivity index (χ2n) is 4.00. The van der Waals surface area contributed by atoms with E-state index in [0.29, 0.717) is 5.56 Å². The molecular formula is C12H16F4N2O. The molecule has 3 nitrogen and oxygen atoms in total. The van der Waals surface area contributed by atoms with Crippen LogP contribution in [0.2, 0.25) is 0 Å². The Morgan fingerprint density at radius 3 is 2.26 bits per heavy atom. The zero-order valence-corrected chi connectivity index (χ0v) is 10.5. The van der Waals surface area contributed by atoms with Crippen LogP contribution in [0.1, 0.15) is 5.56 Å². The van der Waals surface area contributed by atoms with Crippen molar-refractivity contribution in [1.82, 2.24) is 5.32 Å². The minimum atomic E-state index is -2.75. The third-order valence-corrected chi connectivity index (χ3v) is 2.50. The highest BCUT2D eigenvalue weighted by molar-refractivity contribution is 5.51. The summed E-state index contributed by atoms with van der Waals surface area (Å²) in [6, 6.07) is 2.18. The molecule has 0 atom stereocenters. The molecule has 1 aromatic rings. The van der Waals surface area contributed by atoms with Crippen LogP contribution in [-0.4, -0.2) is 38.3 Å². The van der Waals surface area contributed by atoms with Crippen molar-refractivity contribution in [2.45, 2.75) is 13.0 Å². The molecule has 7 heteroatoms. The molecule has 0 saturated heterocycles. The van der Waals surface area contributed by atoms with Gasteiger partial charge in [0.1, 0.15) is 17.3 Å². The molecule has 1 aromatic carbocycles. The van der Waals surface area contributed by atoms with Crippen LogP contribution < -0.4 is 10.2 Å². The van der Waals surface area contributed by atoms with E-state index in [0.717, 1.165) is 17.0 Å². The van der Waals surface area contributed by atoms with E-state index < -0.39 is 36.9 Å². The van der Waals surface area contributed by atoms with E-state index in [1.165, 1.54) is 0 Å². The highest BCUT2D eigenvalue weighted by atomic mass is 19.3. The Kier molecular flexibility index (Phi) is 6.04. The van der Waals surface area contributed by atoms with Gasteiger partial charge in [-0.3, -0.25) is 0 Å². The highest BCUT2D eigenvalue weighted by Gasteiger charge is 2.20. The van der Waals surface area contributed by atoms with Crippen molar-refractivity contribution in [1.29, 1.82) is 0 Å². The molecule has 0 spiro atoms. The predicted molar refractivity (Wildman–Crippen MR) is 64.4 cm³/mol. The smallest absolute Gasteiger partial charge is 0.255 e. The van der Waals surface area contributed by atoms with Crippen LogP contribution in [0, 0.1) is 11.6 Å². The van der Waals surface area contributed by atoms with Gasteiger partial charge in [0.2, 0.25) is 0 Å². The SMILES string of the molecule is CNCc1cc(F)c(N(CCO)CC(F)F)c(F)c1. The number of benzene rings is 1. The van der Waals surface area contributed by atoms with Crippen molar-refractivity contribution in [2.24, 2.45) is 0 Å². The average Bonchev–Trinajstić information content (AvgIpc) is 2.27. The molecule has 0 aliphatic rings. The summed E-state index contributed by atoms with van der Waals surface area (Å²) >= 11 is 0. The van der Waals surface area contributed by atoms with E-state index in [4.69, 9.17) is 5.11 Å². The summed E-state index contributed by atoms with van der Waals surface area (Å²) in [5.41, 5.74) is -0.156. The van der Waals surface area contributed by atoms with Gasteiger partial charge < -0.3 is 15.3 Å². The lowest BCUT2D eigenvalue weighted by Crippen LogP contribution is -2.33. The molecule has 0 amide bonds. The number of aliphatic hydroxyl groups is 1. The molecule has 0 saturated carbocycles. The number of aliphatic hydroxyl groups excluding tert-OH is 1. The Morgan fingerprint density at radius 1 is 1.26 bits per heavy atom. The van der Waals surface area contributed by atoms with Gasteiger partial charge in [-0.2, -0.15) is 0 Å². The number of alkyl halides is 2. The first-order chi connectivity index (χ1) is 8.99. The molecule has 0 aliphatic heterocycles. The predicted octanol–water partition coefficient (Wildman–Crippen LogP) is 1.75. The fourth-order valence-corrected chi connectivity index (χ4v) is 1.81. The van der Waals surface area contributed by atoms with Crippen molar-refractivity contribution < 1.29 is 22.7 Å². The maximum atomic E-state index is 13.8. The molecule has 19 heavy (non-hydrogen) atoms. The van der Waals surface area contributed by atoms with Gasteiger partial charge >= 0.3 is 0 Å². The zero-order valence-electron chi connectivity index (χ0n) is 10.5. The van der Waals surface area contributed by atoms with E-state index in [2.05, 4.69) is 5.32 Å². The zero-order chi connectivity index (χ0) is 14.4. The van der Waals surface area contributed by atoms with Crippen molar-refractivity contribution in [3.8, 4) is 0 Å². The summed E-state index contributed by atoms with van der Waals surface area (Å²) in [5, 5.41) is 11.5. The lowest BCUT2D eigenvalue weighted by Gasteiger charge is -2.24. The summed E-state index contributed by atoms with van der Waals surface area (Å²) in [6.07, 6.45) is -2.75. The van der Waals surface area contributed by atoms with Gasteiger partial charge in [-0.1, -0.05) is 0 Å². The van der Waals surface area contributed by atoms with Crippen molar-refractivity contribution >= 4 is 5.69 Å². The van der Waals surface area contributed by atoms with Gasteiger partial charge in [0.05, 0.1) is 13.2 Å². The van der Waals surface area contributed by atoms with Gasteiger partial charge in [-0.05, 0) is 24.7 Å². The van der Waals surface area contributed by atoms with Gasteiger partial charge in [0.25, 0.3) is 6.43 Å². The Morgan fingerprint density at radius 2 is 1.84 bits per heavy atom. The fraction of sp³-hybridized carbons (Fsp3) is 0.500. The van der Waals surface area contributed by atoms with Crippen LogP contribution in [-0.2, 0) is 6.54 Å². The molecule has 0 radical (unpaired) electrons. The second kappa shape index (κ2) is 7.30. The minimum absolute atomic E-state index is 0.260. The summed E-state index contributed by atoms with van der Waals surface area (Å²) < 4.78 is 52.4. The first-order valence-corrected chi connectivity index (χ1v) is 5.76. The Labute approximate surface area is 108 Å². The molecule has 1 rings (SSSR count). The number of nitrogens with one attached hydrogen (secondary N) is 1. The normalized spacial score (nSPS) is 11.1. The van der Waals surface area contributed by atoms with Gasteiger partial charge in [-0.15, -0.1) is 0 Å². The van der Waals surface area contributed by atoms with Crippen molar-refractivity contribution in [3.05, 3.63) is 29.3 Å². The van der Waals surface area contributed by atoms with Crippen LogP contribution in [0.3, 0.4) is 0 Å². The van der Waals surface area contributed by atoms with Crippen LogP contribution in [0.5, 0.6) is 0 Å². The number of hydrogen-bond acceptors (Lipinski definition) is 3. The molecular weight excluding hydrogens is 264 g/mol. The molecule has 2 N–H and O–H groups in total. The number of hydrogen-bond donors (Lipinski definition) is 2. The molecule has 0 bridgehead atoms. The molecule has 108 valence electrons. The molecule has 0 unspecified atom stereocenters. The summed E-state index contributed by atoms with van der Waals surface area (Å²) in [5.74, 6) is -1.83. The van der Waals surface area contributed by atoms with Crippen LogP contribution in [0.15, 0.2) is 12.1 Å². The number of rotatable bonds is 7. The fourth-order valence-electron chi connectivity index (χ4n) is 1.81. The quantitative estimate of drug-likeness (QED) is 0.747. The van der Waals surface area contributed by atoms with E-state index in [1.54, 1.807) is 7.05 Å². The van der Waals surface area contributed by atoms with Crippen LogP contribution in [0.25, 0.3) is 0 Å². The topological polar surface area (TPSA) is 35.5 Å². The summed E-state index contributed by atoms with van der Waals surface area (Å²) in [7, 11) is 1.62. The first-order valence-electron chi connectivity index (χ1n) is 5.76. The Bertz CT molecular complexity index is 392. The maximum Gasteiger partial charge on any atom is 0.255 e. The minimum Gasteiger partial charge on any atom is -0.395 e. The molecule has 0 heterocycles. The van der Waals surface area contributed by atoms with Crippen molar-refractivity contribution in [2.75, 3.05) is 31.6 Å². The highest BCUT2D eigenvalue weighted by Crippen LogP contribution is 2.25. The third kappa shape index (κ3) is 4.36. The summed E-state index contributed by atoms with van der Waals surface area (Å²) in [4.78, 5) is 0.804. The molecule has 0 fully saturated rings. The van der Waals surface area contributed by atoms with Gasteiger partial charge in [-0.25, -0.2) is 17.6 Å². The van der Waals surface area contributed by atoms with E-state index >= 15 is 0 Å². The van der Waals surface area contributed by atoms with Crippen molar-refractivity contribution in [3.63, 3.8) is 0 Å². The second-order valence-corrected chi connectivity index (χ2v) is 4.00. The lowest BCUT2D eigenvalue weighted by molar-refractivity contribution is 0.152. The standard InChI is InChI=1S/C12H16F4N2O/c1-17-6-8-4-9(13)12(10(14)5-8)18(2-3-19)7-11(15)16/h4-5,11,17,19H,2-3,6-7H2,1H3. The maximum absolute atomic E-state index is 13.8. The molecule has 0 aliphatic carbocycles. The first kappa shape index (κ1) is 15.7. The Hall–Kier alpha value is -1.34. The average molecular weight is 280 g/mol. The Balaban J connectivity index is 3.08. The van der Waals surface area contributed by atoms with Gasteiger partial charge in [0, 0.05) is 13.1 Å². The van der Waals surface area contributed by atoms with Gasteiger partial charge in [0.15, 0.2) is 0 Å². The third-order valence-electron chi connectivity index (χ3n) is 2.50. The van der Waals surface area contributed by atoms with Crippen LogP contribution >= 0.6 is 0 Å². The number of anilines is 1. The van der Waals surface area contributed by atoms with E-state index in [-0.39, 0.29) is 13.1 Å². The lowest BCUT2D eigenvalue weighted by atomic mass is 10.1. The monoisotopic (exact) mass is 280 g/mol. The number of nitrogens with zero attached hydrogens (tertiary/aromatic N) is 1. The molecule has 0 aromatic heterocycles. The van der Waals surface area contributed by atoms with Crippen LogP contribution in [0.4, 0.5) is 23.2 Å². The summed E-state index contributed by atoms with van der Waals surface area (Å²) in [6.45, 7) is -1.30. The largest absolute Gasteiger partial charge is 0.395 e. The number of halogens is 4. The van der Waals surface area contributed by atoms with E-state index in [1.807, 2.05) is 0 Å².